The maximum atomic E-state index is 6.06. The summed E-state index contributed by atoms with van der Waals surface area (Å²) < 4.78 is 0. The zero-order valence-electron chi connectivity index (χ0n) is 5.13. The van der Waals surface area contributed by atoms with E-state index in [-0.39, 0.29) is 36.7 Å². The highest BCUT2D eigenvalue weighted by Crippen LogP contribution is 1.13. The average Bonchev–Trinajstić information content (AvgIpc) is 1.25. The van der Waals surface area contributed by atoms with Crippen molar-refractivity contribution >= 4 is 36.7 Å². The summed E-state index contributed by atoms with van der Waals surface area (Å²) in [5.74, 6) is -0.667. The molecule has 8 heteroatoms. The average molecular weight is 191 g/mol. The van der Waals surface area contributed by atoms with Gasteiger partial charge < -0.3 is 22.9 Å². The summed E-state index contributed by atoms with van der Waals surface area (Å²) in [5, 5.41) is 12.1. The Morgan fingerprint density at radius 2 is 0.700 bits per heavy atom. The van der Waals surface area contributed by atoms with Crippen LogP contribution in [-0.2, 0) is 0 Å². The van der Waals surface area contributed by atoms with Crippen LogP contribution >= 0.6 is 24.8 Å². The monoisotopic (exact) mass is 190 g/mol. The van der Waals surface area contributed by atoms with Gasteiger partial charge in [-0.25, -0.2) is 0 Å². The molecule has 0 aromatic rings. The Labute approximate surface area is 71.1 Å². The molecule has 0 aromatic heterocycles. The SMILES string of the molecule is Cl.Cl.N=C(N)N.N=C(N)N. The van der Waals surface area contributed by atoms with Gasteiger partial charge in [0, 0.05) is 0 Å². The first kappa shape index (κ1) is 22.9. The number of hydrogen-bond donors (Lipinski definition) is 6. The topological polar surface area (TPSA) is 152 Å². The molecule has 6 nitrogen and oxygen atoms in total. The van der Waals surface area contributed by atoms with Crippen molar-refractivity contribution in [3.8, 4) is 0 Å². The molecule has 0 atom stereocenters. The molecule has 0 fully saturated rings. The molecule has 0 amide bonds. The largest absolute Gasteiger partial charge is 0.370 e. The summed E-state index contributed by atoms with van der Waals surface area (Å²) in [7, 11) is 0. The molecule has 0 bridgehead atoms. The summed E-state index contributed by atoms with van der Waals surface area (Å²) in [6.07, 6.45) is 0. The lowest BCUT2D eigenvalue weighted by Crippen LogP contribution is -2.20. The first-order valence-corrected chi connectivity index (χ1v) is 1.65. The summed E-state index contributed by atoms with van der Waals surface area (Å²) >= 11 is 0. The van der Waals surface area contributed by atoms with Crippen molar-refractivity contribution in [1.82, 2.24) is 0 Å². The van der Waals surface area contributed by atoms with Gasteiger partial charge in [0.15, 0.2) is 11.9 Å². The third-order valence-corrected chi connectivity index (χ3v) is 0. The molecule has 0 radical (unpaired) electrons. The number of guanidine groups is 2. The number of hydrogen-bond acceptors (Lipinski definition) is 2. The summed E-state index contributed by atoms with van der Waals surface area (Å²) in [6, 6.07) is 0. The highest BCUT2D eigenvalue weighted by Gasteiger charge is 1.52. The normalized spacial score (nSPS) is 4.80. The van der Waals surface area contributed by atoms with Crippen LogP contribution in [-0.4, -0.2) is 11.9 Å². The minimum atomic E-state index is -0.333. The van der Waals surface area contributed by atoms with E-state index in [1.165, 1.54) is 0 Å². The van der Waals surface area contributed by atoms with Crippen LogP contribution in [0.3, 0.4) is 0 Å². The molecule has 0 unspecified atom stereocenters. The van der Waals surface area contributed by atoms with E-state index in [1.54, 1.807) is 0 Å². The molecular weight excluding hydrogens is 179 g/mol. The first-order valence-electron chi connectivity index (χ1n) is 1.65. The quantitative estimate of drug-likeness (QED) is 0.204. The van der Waals surface area contributed by atoms with Crippen LogP contribution in [0.15, 0.2) is 0 Å². The molecule has 0 spiro atoms. The molecule has 0 rings (SSSR count). The fourth-order valence-electron chi connectivity index (χ4n) is 0. The Bertz CT molecular complexity index is 71.7. The lowest BCUT2D eigenvalue weighted by Gasteiger charge is -1.69. The molecule has 0 aliphatic heterocycles. The smallest absolute Gasteiger partial charge is 0.183 e. The van der Waals surface area contributed by atoms with Crippen molar-refractivity contribution in [2.24, 2.45) is 22.9 Å². The van der Waals surface area contributed by atoms with E-state index >= 15 is 0 Å². The molecular formula is C2H12Cl2N6. The Balaban J connectivity index is -0.0000000300. The fourth-order valence-corrected chi connectivity index (χ4v) is 0. The first-order chi connectivity index (χ1) is 3.46. The molecule has 0 aromatic carbocycles. The van der Waals surface area contributed by atoms with E-state index in [4.69, 9.17) is 10.8 Å². The maximum absolute atomic E-state index is 6.06. The summed E-state index contributed by atoms with van der Waals surface area (Å²) in [5.41, 5.74) is 17.9. The van der Waals surface area contributed by atoms with E-state index < -0.39 is 0 Å². The Morgan fingerprint density at radius 1 is 0.700 bits per heavy atom. The van der Waals surface area contributed by atoms with Gasteiger partial charge in [-0.15, -0.1) is 24.8 Å². The van der Waals surface area contributed by atoms with Crippen molar-refractivity contribution < 1.29 is 0 Å². The van der Waals surface area contributed by atoms with Crippen LogP contribution in [0.25, 0.3) is 0 Å². The van der Waals surface area contributed by atoms with Gasteiger partial charge in [-0.1, -0.05) is 0 Å². The van der Waals surface area contributed by atoms with Crippen molar-refractivity contribution in [3.05, 3.63) is 0 Å². The third kappa shape index (κ3) is 344. The molecule has 0 saturated carbocycles. The van der Waals surface area contributed by atoms with Crippen molar-refractivity contribution in [2.45, 2.75) is 0 Å². The van der Waals surface area contributed by atoms with Crippen molar-refractivity contribution in [1.29, 1.82) is 10.8 Å². The van der Waals surface area contributed by atoms with Crippen LogP contribution in [0, 0.1) is 10.8 Å². The minimum Gasteiger partial charge on any atom is -0.370 e. The van der Waals surface area contributed by atoms with Gasteiger partial charge in [0.2, 0.25) is 0 Å². The van der Waals surface area contributed by atoms with Gasteiger partial charge in [0.25, 0.3) is 0 Å². The van der Waals surface area contributed by atoms with E-state index in [1.807, 2.05) is 0 Å². The highest BCUT2D eigenvalue weighted by molar-refractivity contribution is 5.85. The molecule has 64 valence electrons. The lowest BCUT2D eigenvalue weighted by atomic mass is 11.1. The number of nitrogens with one attached hydrogen (secondary N) is 2. The maximum Gasteiger partial charge on any atom is 0.183 e. The predicted molar refractivity (Wildman–Crippen MR) is 46.7 cm³/mol. The van der Waals surface area contributed by atoms with Gasteiger partial charge in [0.05, 0.1) is 0 Å². The van der Waals surface area contributed by atoms with Gasteiger partial charge in [-0.2, -0.15) is 0 Å². The zero-order valence-corrected chi connectivity index (χ0v) is 6.76. The van der Waals surface area contributed by atoms with E-state index in [0.717, 1.165) is 0 Å². The molecule has 0 saturated heterocycles. The van der Waals surface area contributed by atoms with Gasteiger partial charge >= 0.3 is 0 Å². The number of nitrogens with two attached hydrogens (primary N) is 4. The Morgan fingerprint density at radius 3 is 0.700 bits per heavy atom. The van der Waals surface area contributed by atoms with Crippen LogP contribution in [0.4, 0.5) is 0 Å². The summed E-state index contributed by atoms with van der Waals surface area (Å²) in [6.45, 7) is 0. The Kier molecular flexibility index (Phi) is 36.0. The highest BCUT2D eigenvalue weighted by atomic mass is 35.5. The molecule has 0 aliphatic carbocycles. The zero-order chi connectivity index (χ0) is 7.15. The van der Waals surface area contributed by atoms with Gasteiger partial charge in [-0.05, 0) is 0 Å². The molecule has 0 heterocycles. The minimum absolute atomic E-state index is 0. The Hall–Kier alpha value is -0.880. The molecule has 10 heavy (non-hydrogen) atoms. The van der Waals surface area contributed by atoms with Crippen molar-refractivity contribution in [2.75, 3.05) is 0 Å². The van der Waals surface area contributed by atoms with Crippen LogP contribution in [0.5, 0.6) is 0 Å². The summed E-state index contributed by atoms with van der Waals surface area (Å²) in [4.78, 5) is 0. The number of rotatable bonds is 0. The van der Waals surface area contributed by atoms with Crippen molar-refractivity contribution in [3.63, 3.8) is 0 Å². The van der Waals surface area contributed by atoms with E-state index in [9.17, 15) is 0 Å². The van der Waals surface area contributed by atoms with E-state index in [2.05, 4.69) is 22.9 Å². The molecule has 10 N–H and O–H groups in total. The predicted octanol–water partition coefficient (Wildman–Crippen LogP) is -1.48. The van der Waals surface area contributed by atoms with Gasteiger partial charge in [-0.3, -0.25) is 10.8 Å². The lowest BCUT2D eigenvalue weighted by molar-refractivity contribution is 1.38. The fraction of sp³-hybridized carbons (Fsp3) is 0. The third-order valence-electron chi connectivity index (χ3n) is 0. The van der Waals surface area contributed by atoms with Crippen LogP contribution in [0.1, 0.15) is 0 Å². The number of halogens is 2. The van der Waals surface area contributed by atoms with Crippen LogP contribution < -0.4 is 22.9 Å². The second kappa shape index (κ2) is 15.7. The van der Waals surface area contributed by atoms with Crippen LogP contribution in [0.2, 0.25) is 0 Å². The molecule has 0 aliphatic rings. The van der Waals surface area contributed by atoms with E-state index in [0.29, 0.717) is 0 Å². The second-order valence-electron chi connectivity index (χ2n) is 0.911. The standard InChI is InChI=1S/2CH5N3.2ClH/c2*2-1(3)4;;/h2*(H5,2,3,4);2*1H. The second-order valence-corrected chi connectivity index (χ2v) is 0.911. The van der Waals surface area contributed by atoms with Gasteiger partial charge in [0.1, 0.15) is 0 Å².